The molecular formula is C17H12F3N5. The van der Waals surface area contributed by atoms with Crippen LogP contribution in [0, 0.1) is 23.0 Å². The van der Waals surface area contributed by atoms with Crippen LogP contribution in [0.4, 0.5) is 19.0 Å². The highest BCUT2D eigenvalue weighted by molar-refractivity contribution is 5.58. The molecule has 3 aromatic rings. The Hall–Kier alpha value is -3.08. The summed E-state index contributed by atoms with van der Waals surface area (Å²) in [5.74, 6) is -0.781. The molecule has 0 bridgehead atoms. The Kier molecular flexibility index (Phi) is 3.57. The van der Waals surface area contributed by atoms with E-state index in [4.69, 9.17) is 5.26 Å². The number of benzene rings is 1. The lowest BCUT2D eigenvalue weighted by atomic mass is 10.0. The highest BCUT2D eigenvalue weighted by atomic mass is 19.1. The second kappa shape index (κ2) is 5.77. The second-order valence-electron chi connectivity index (χ2n) is 5.89. The van der Waals surface area contributed by atoms with Gasteiger partial charge in [-0.2, -0.15) is 10.4 Å². The van der Waals surface area contributed by atoms with Crippen LogP contribution in [0.25, 0.3) is 5.65 Å². The van der Waals surface area contributed by atoms with Gasteiger partial charge >= 0.3 is 0 Å². The Morgan fingerprint density at radius 3 is 2.88 bits per heavy atom. The van der Waals surface area contributed by atoms with Crippen LogP contribution in [0.1, 0.15) is 23.6 Å². The first kappa shape index (κ1) is 15.4. The Bertz CT molecular complexity index is 994. The van der Waals surface area contributed by atoms with Crippen molar-refractivity contribution in [1.29, 1.82) is 5.26 Å². The summed E-state index contributed by atoms with van der Waals surface area (Å²) in [7, 11) is 0. The molecule has 8 heteroatoms. The van der Waals surface area contributed by atoms with E-state index < -0.39 is 23.8 Å². The van der Waals surface area contributed by atoms with Gasteiger partial charge in [-0.3, -0.25) is 0 Å². The monoisotopic (exact) mass is 343 g/mol. The van der Waals surface area contributed by atoms with Crippen molar-refractivity contribution in [1.82, 2.24) is 14.6 Å². The molecule has 0 unspecified atom stereocenters. The first-order chi connectivity index (χ1) is 12.1. The van der Waals surface area contributed by atoms with E-state index in [0.717, 1.165) is 18.2 Å². The van der Waals surface area contributed by atoms with Gasteiger partial charge in [0.25, 0.3) is 0 Å². The van der Waals surface area contributed by atoms with Crippen LogP contribution in [0.5, 0.6) is 0 Å². The van der Waals surface area contributed by atoms with Crippen LogP contribution in [-0.2, 0) is 0 Å². The predicted molar refractivity (Wildman–Crippen MR) is 83.7 cm³/mol. The first-order valence-electron chi connectivity index (χ1n) is 7.67. The molecule has 4 rings (SSSR count). The van der Waals surface area contributed by atoms with Crippen molar-refractivity contribution < 1.29 is 13.2 Å². The van der Waals surface area contributed by atoms with E-state index in [1.54, 1.807) is 17.2 Å². The van der Waals surface area contributed by atoms with Gasteiger partial charge in [-0.25, -0.2) is 22.7 Å². The van der Waals surface area contributed by atoms with E-state index in [1.165, 1.54) is 10.7 Å². The number of fused-ring (bicyclic) bond motifs is 1. The van der Waals surface area contributed by atoms with Crippen molar-refractivity contribution in [2.24, 2.45) is 0 Å². The SMILES string of the molecule is N#Cc1cnn2ccc(N3C[C@@H](F)C[C@@H]3c3cc(F)ccc3F)nc12. The molecule has 2 aromatic heterocycles. The lowest BCUT2D eigenvalue weighted by molar-refractivity contribution is 0.355. The molecule has 0 N–H and O–H groups in total. The lowest BCUT2D eigenvalue weighted by Gasteiger charge is -2.26. The largest absolute Gasteiger partial charge is 0.346 e. The zero-order chi connectivity index (χ0) is 17.6. The lowest BCUT2D eigenvalue weighted by Crippen LogP contribution is -2.25. The van der Waals surface area contributed by atoms with E-state index in [9.17, 15) is 13.2 Å². The number of anilines is 1. The zero-order valence-corrected chi connectivity index (χ0v) is 12.9. The molecule has 0 radical (unpaired) electrons. The van der Waals surface area contributed by atoms with E-state index in [-0.39, 0.29) is 24.1 Å². The molecule has 1 aliphatic heterocycles. The number of nitriles is 1. The van der Waals surface area contributed by atoms with Crippen molar-refractivity contribution >= 4 is 11.5 Å². The van der Waals surface area contributed by atoms with E-state index in [1.807, 2.05) is 6.07 Å². The zero-order valence-electron chi connectivity index (χ0n) is 12.9. The van der Waals surface area contributed by atoms with Gasteiger partial charge in [0.05, 0.1) is 18.8 Å². The minimum absolute atomic E-state index is 0.0137. The average Bonchev–Trinajstić information content (AvgIpc) is 3.19. The first-order valence-corrected chi connectivity index (χ1v) is 7.67. The highest BCUT2D eigenvalue weighted by Crippen LogP contribution is 2.38. The fourth-order valence-electron chi connectivity index (χ4n) is 3.20. The standard InChI is InChI=1S/C17H12F3N5/c18-11-1-2-14(20)13(5-11)15-6-12(19)9-24(15)16-3-4-25-17(23-16)10(7-21)8-22-25/h1-5,8,12,15H,6,9H2/t12-,15+/m0/s1. The maximum Gasteiger partial charge on any atom is 0.175 e. The molecule has 1 aromatic carbocycles. The predicted octanol–water partition coefficient (Wildman–Crippen LogP) is 3.17. The van der Waals surface area contributed by atoms with Crippen LogP contribution in [0.2, 0.25) is 0 Å². The van der Waals surface area contributed by atoms with Crippen LogP contribution in [0.15, 0.2) is 36.7 Å². The van der Waals surface area contributed by atoms with Gasteiger partial charge in [0.2, 0.25) is 0 Å². The highest BCUT2D eigenvalue weighted by Gasteiger charge is 2.36. The molecule has 0 spiro atoms. The van der Waals surface area contributed by atoms with E-state index >= 15 is 0 Å². The summed E-state index contributed by atoms with van der Waals surface area (Å²) in [4.78, 5) is 5.97. The number of aromatic nitrogens is 3. The molecule has 0 amide bonds. The minimum atomic E-state index is -1.19. The molecule has 1 aliphatic rings. The third-order valence-corrected chi connectivity index (χ3v) is 4.34. The molecule has 0 saturated carbocycles. The maximum atomic E-state index is 14.2. The number of rotatable bonds is 2. The van der Waals surface area contributed by atoms with Crippen LogP contribution >= 0.6 is 0 Å². The summed E-state index contributed by atoms with van der Waals surface area (Å²) in [6.45, 7) is 0.0137. The van der Waals surface area contributed by atoms with Crippen molar-refractivity contribution in [2.45, 2.75) is 18.6 Å². The van der Waals surface area contributed by atoms with Gasteiger partial charge in [0, 0.05) is 18.2 Å². The average molecular weight is 343 g/mol. The summed E-state index contributed by atoms with van der Waals surface area (Å²) in [6, 6.07) is 6.08. The molecule has 25 heavy (non-hydrogen) atoms. The summed E-state index contributed by atoms with van der Waals surface area (Å²) >= 11 is 0. The van der Waals surface area contributed by atoms with Gasteiger partial charge < -0.3 is 4.90 Å². The second-order valence-corrected chi connectivity index (χ2v) is 5.89. The maximum absolute atomic E-state index is 14.2. The molecule has 0 aliphatic carbocycles. The Morgan fingerprint density at radius 1 is 1.24 bits per heavy atom. The number of alkyl halides is 1. The van der Waals surface area contributed by atoms with Crippen molar-refractivity contribution in [3.05, 3.63) is 59.4 Å². The third-order valence-electron chi connectivity index (χ3n) is 4.34. The Balaban J connectivity index is 1.80. The normalized spacial score (nSPS) is 20.2. The fraction of sp³-hybridized carbons (Fsp3) is 0.235. The fourth-order valence-corrected chi connectivity index (χ4v) is 3.20. The molecule has 126 valence electrons. The smallest absolute Gasteiger partial charge is 0.175 e. The van der Waals surface area contributed by atoms with Crippen molar-refractivity contribution in [3.63, 3.8) is 0 Å². The minimum Gasteiger partial charge on any atom is -0.346 e. The van der Waals surface area contributed by atoms with Gasteiger partial charge in [-0.1, -0.05) is 0 Å². The van der Waals surface area contributed by atoms with Crippen molar-refractivity contribution in [2.75, 3.05) is 11.4 Å². The number of halogens is 3. The van der Waals surface area contributed by atoms with E-state index in [0.29, 0.717) is 11.5 Å². The summed E-state index contributed by atoms with van der Waals surface area (Å²) < 4.78 is 43.2. The summed E-state index contributed by atoms with van der Waals surface area (Å²) in [6.07, 6.45) is 1.84. The van der Waals surface area contributed by atoms with Gasteiger partial charge in [-0.05, 0) is 24.3 Å². The molecule has 5 nitrogen and oxygen atoms in total. The third kappa shape index (κ3) is 2.58. The van der Waals surface area contributed by atoms with Crippen molar-refractivity contribution in [3.8, 4) is 6.07 Å². The van der Waals surface area contributed by atoms with Crippen LogP contribution in [-0.4, -0.2) is 27.3 Å². The number of nitrogens with zero attached hydrogens (tertiary/aromatic N) is 5. The molecule has 2 atom stereocenters. The molecular weight excluding hydrogens is 331 g/mol. The van der Waals surface area contributed by atoms with Gasteiger partial charge in [0.15, 0.2) is 5.65 Å². The molecule has 1 fully saturated rings. The molecule has 1 saturated heterocycles. The Labute approximate surface area is 140 Å². The van der Waals surface area contributed by atoms with Crippen LogP contribution in [0.3, 0.4) is 0 Å². The van der Waals surface area contributed by atoms with Gasteiger partial charge in [-0.15, -0.1) is 0 Å². The Morgan fingerprint density at radius 2 is 2.08 bits per heavy atom. The van der Waals surface area contributed by atoms with Gasteiger partial charge in [0.1, 0.15) is 35.3 Å². The summed E-state index contributed by atoms with van der Waals surface area (Å²) in [5.41, 5.74) is 0.711. The van der Waals surface area contributed by atoms with Crippen LogP contribution < -0.4 is 4.90 Å². The quantitative estimate of drug-likeness (QED) is 0.717. The topological polar surface area (TPSA) is 57.2 Å². The number of hydrogen-bond donors (Lipinski definition) is 0. The molecule has 3 heterocycles. The van der Waals surface area contributed by atoms with E-state index in [2.05, 4.69) is 10.1 Å². The summed E-state index contributed by atoms with van der Waals surface area (Å²) in [5, 5.41) is 13.1. The number of hydrogen-bond acceptors (Lipinski definition) is 4.